The van der Waals surface area contributed by atoms with Crippen LogP contribution in [0.25, 0.3) is 0 Å². The molecule has 1 aromatic rings. The number of carbonyl (C=O) groups excluding carboxylic acids is 1. The summed E-state index contributed by atoms with van der Waals surface area (Å²) in [5.74, 6) is 0.618. The molecule has 34 heavy (non-hydrogen) atoms. The van der Waals surface area contributed by atoms with E-state index in [1.165, 1.54) is 0 Å². The second-order valence-electron chi connectivity index (χ2n) is 10.0. The summed E-state index contributed by atoms with van der Waals surface area (Å²) in [4.78, 5) is 16.1. The fourth-order valence-corrected chi connectivity index (χ4v) is 7.28. The van der Waals surface area contributed by atoms with Gasteiger partial charge in [0.2, 0.25) is 10.0 Å². The number of alkyl halides is 3. The molecule has 0 aromatic carbocycles. The molecule has 1 spiro atoms. The van der Waals surface area contributed by atoms with Crippen LogP contribution in [-0.2, 0) is 21.0 Å². The number of aromatic nitrogens is 1. The van der Waals surface area contributed by atoms with Gasteiger partial charge in [0.1, 0.15) is 4.90 Å². The average Bonchev–Trinajstić information content (AvgIpc) is 3.21. The van der Waals surface area contributed by atoms with Crippen LogP contribution in [0, 0.1) is 10.8 Å². The molecule has 4 heterocycles. The molecule has 182 valence electrons. The predicted molar refractivity (Wildman–Crippen MR) is 115 cm³/mol. The van der Waals surface area contributed by atoms with Crippen LogP contribution in [0.15, 0.2) is 56.2 Å². The van der Waals surface area contributed by atoms with E-state index < -0.39 is 32.1 Å². The van der Waals surface area contributed by atoms with Crippen LogP contribution in [0.5, 0.6) is 0 Å². The van der Waals surface area contributed by atoms with E-state index in [2.05, 4.69) is 20.5 Å². The number of ketones is 1. The molecule has 0 saturated carbocycles. The van der Waals surface area contributed by atoms with Gasteiger partial charge in [-0.25, -0.2) is 8.42 Å². The van der Waals surface area contributed by atoms with Crippen molar-refractivity contribution in [2.75, 3.05) is 19.6 Å². The van der Waals surface area contributed by atoms with Gasteiger partial charge in [0, 0.05) is 54.2 Å². The normalized spacial score (nSPS) is 24.3. The number of Topliss-reactive ketones (excluding diaryl/α,β-unsaturated/α-hetero) is 1. The first-order valence-corrected chi connectivity index (χ1v) is 12.5. The van der Waals surface area contributed by atoms with Gasteiger partial charge >= 0.3 is 6.18 Å². The van der Waals surface area contributed by atoms with Crippen molar-refractivity contribution in [1.29, 1.82) is 0 Å². The van der Waals surface area contributed by atoms with Crippen LogP contribution in [0.3, 0.4) is 0 Å². The number of hydrogen-bond acceptors (Lipinski definition) is 7. The molecule has 1 aromatic heterocycles. The van der Waals surface area contributed by atoms with Crippen LogP contribution >= 0.6 is 0 Å². The summed E-state index contributed by atoms with van der Waals surface area (Å²) in [6.07, 6.45) is -1.60. The van der Waals surface area contributed by atoms with Crippen LogP contribution in [-0.4, -0.2) is 43.1 Å². The summed E-state index contributed by atoms with van der Waals surface area (Å²) in [6, 6.07) is 0.670. The first-order chi connectivity index (χ1) is 15.9. The summed E-state index contributed by atoms with van der Waals surface area (Å²) in [5, 5.41) is 11.6. The van der Waals surface area contributed by atoms with E-state index in [1.54, 1.807) is 0 Å². The molecule has 1 N–H and O–H groups in total. The monoisotopic (exact) mass is 495 g/mol. The number of carbonyl (C=O) groups is 1. The minimum Gasteiger partial charge on any atom is -0.342 e. The Morgan fingerprint density at radius 3 is 2.53 bits per heavy atom. The molecule has 0 amide bonds. The Morgan fingerprint density at radius 1 is 1.15 bits per heavy atom. The van der Waals surface area contributed by atoms with Crippen molar-refractivity contribution in [2.45, 2.75) is 50.6 Å². The second kappa shape index (κ2) is 7.45. The van der Waals surface area contributed by atoms with Gasteiger partial charge in [-0.05, 0) is 30.7 Å². The smallest absolute Gasteiger partial charge is 0.342 e. The molecule has 0 unspecified atom stereocenters. The molecule has 0 radical (unpaired) electrons. The summed E-state index contributed by atoms with van der Waals surface area (Å²) >= 11 is 0. The quantitative estimate of drug-likeness (QED) is 0.672. The number of nitrogens with one attached hydrogen (secondary N) is 1. The molecule has 0 bridgehead atoms. The zero-order valence-corrected chi connectivity index (χ0v) is 19.6. The summed E-state index contributed by atoms with van der Waals surface area (Å²) in [5.41, 5.74) is 0.124. The first kappa shape index (κ1) is 23.2. The van der Waals surface area contributed by atoms with Gasteiger partial charge in [0.25, 0.3) is 0 Å². The van der Waals surface area contributed by atoms with E-state index in [9.17, 15) is 26.4 Å². The SMILES string of the molecule is CC1(C)CC(=O)C2=C(C1)NC1=C(CN=N1)C21CCN(S(=O)(=O)c2cnccc2C(F)(F)F)CC1. The zero-order valence-electron chi connectivity index (χ0n) is 18.7. The molecule has 5 rings (SSSR count). The number of sulfonamides is 1. The Bertz CT molecular complexity index is 1270. The molecule has 8 nitrogen and oxygen atoms in total. The topological polar surface area (TPSA) is 104 Å². The van der Waals surface area contributed by atoms with E-state index in [1.807, 2.05) is 13.8 Å². The highest BCUT2D eigenvalue weighted by Gasteiger charge is 2.53. The fourth-order valence-electron chi connectivity index (χ4n) is 5.69. The molecule has 1 fully saturated rings. The Balaban J connectivity index is 1.50. The maximum absolute atomic E-state index is 13.5. The molecular weight excluding hydrogens is 471 g/mol. The summed E-state index contributed by atoms with van der Waals surface area (Å²) in [7, 11) is -4.44. The minimum atomic E-state index is -4.83. The minimum absolute atomic E-state index is 0.0140. The molecule has 0 atom stereocenters. The predicted octanol–water partition coefficient (Wildman–Crippen LogP) is 3.80. The van der Waals surface area contributed by atoms with Crippen molar-refractivity contribution in [1.82, 2.24) is 14.6 Å². The number of allylic oxidation sites excluding steroid dienone is 2. The van der Waals surface area contributed by atoms with Crippen LogP contribution in [0.4, 0.5) is 13.2 Å². The van der Waals surface area contributed by atoms with Crippen LogP contribution in [0.1, 0.15) is 45.1 Å². The zero-order chi connectivity index (χ0) is 24.5. The molecular formula is C22H24F3N5O3S. The molecule has 1 aliphatic carbocycles. The Hall–Kier alpha value is -2.60. The van der Waals surface area contributed by atoms with Crippen molar-refractivity contribution < 1.29 is 26.4 Å². The van der Waals surface area contributed by atoms with Gasteiger partial charge < -0.3 is 5.32 Å². The molecule has 12 heteroatoms. The van der Waals surface area contributed by atoms with Gasteiger partial charge in [0.15, 0.2) is 11.6 Å². The Labute approximate surface area is 195 Å². The fraction of sp³-hybridized carbons (Fsp3) is 0.545. The number of piperidine rings is 1. The lowest BCUT2D eigenvalue weighted by Gasteiger charge is -2.48. The van der Waals surface area contributed by atoms with Crippen molar-refractivity contribution in [3.63, 3.8) is 0 Å². The molecule has 4 aliphatic rings. The van der Waals surface area contributed by atoms with Gasteiger partial charge in [-0.1, -0.05) is 13.8 Å². The Kier molecular flexibility index (Phi) is 5.07. The van der Waals surface area contributed by atoms with Crippen molar-refractivity contribution in [3.8, 4) is 0 Å². The molecule has 1 saturated heterocycles. The van der Waals surface area contributed by atoms with Crippen LogP contribution < -0.4 is 5.32 Å². The highest BCUT2D eigenvalue weighted by molar-refractivity contribution is 7.89. The third kappa shape index (κ3) is 3.49. The van der Waals surface area contributed by atoms with E-state index in [-0.39, 0.29) is 37.1 Å². The number of pyridine rings is 1. The number of hydrogen-bond donors (Lipinski definition) is 1. The average molecular weight is 496 g/mol. The summed E-state index contributed by atoms with van der Waals surface area (Å²) in [6.45, 7) is 4.29. The van der Waals surface area contributed by atoms with E-state index in [0.29, 0.717) is 36.8 Å². The Morgan fingerprint density at radius 2 is 1.85 bits per heavy atom. The summed E-state index contributed by atoms with van der Waals surface area (Å²) < 4.78 is 68.0. The lowest BCUT2D eigenvalue weighted by molar-refractivity contribution is -0.140. The number of dihydropyridines is 1. The highest BCUT2D eigenvalue weighted by Crippen LogP contribution is 2.55. The van der Waals surface area contributed by atoms with Crippen molar-refractivity contribution in [3.05, 3.63) is 46.7 Å². The lowest BCUT2D eigenvalue weighted by atomic mass is 9.60. The van der Waals surface area contributed by atoms with E-state index in [0.717, 1.165) is 28.0 Å². The maximum atomic E-state index is 13.5. The highest BCUT2D eigenvalue weighted by atomic mass is 32.2. The first-order valence-electron chi connectivity index (χ1n) is 11.0. The van der Waals surface area contributed by atoms with E-state index >= 15 is 0 Å². The number of halogens is 3. The van der Waals surface area contributed by atoms with Crippen LogP contribution in [0.2, 0.25) is 0 Å². The van der Waals surface area contributed by atoms with Gasteiger partial charge in [-0.15, -0.1) is 5.11 Å². The van der Waals surface area contributed by atoms with Gasteiger partial charge in [-0.3, -0.25) is 9.78 Å². The second-order valence-corrected chi connectivity index (χ2v) is 11.9. The van der Waals surface area contributed by atoms with Gasteiger partial charge in [-0.2, -0.15) is 22.6 Å². The standard InChI is InChI=1S/C22H24F3N5O3S/c1-20(2)9-15-18(16(31)10-20)21(14-11-27-29-19(14)28-15)4-7-30(8-5-21)34(32,33)17-12-26-6-3-13(17)22(23,24)25/h3,6,12,28H,4-5,7-11H2,1-2H3. The number of azo groups is 1. The molecule has 3 aliphatic heterocycles. The number of nitrogens with zero attached hydrogens (tertiary/aromatic N) is 4. The van der Waals surface area contributed by atoms with E-state index in [4.69, 9.17) is 0 Å². The number of rotatable bonds is 2. The van der Waals surface area contributed by atoms with Crippen molar-refractivity contribution >= 4 is 15.8 Å². The van der Waals surface area contributed by atoms with Gasteiger partial charge in [0.05, 0.1) is 12.1 Å². The number of fused-ring (bicyclic) bond motifs is 2. The third-order valence-electron chi connectivity index (χ3n) is 7.17. The lowest BCUT2D eigenvalue weighted by Crippen LogP contribution is -2.50. The van der Waals surface area contributed by atoms with Crippen molar-refractivity contribution in [2.24, 2.45) is 21.1 Å². The maximum Gasteiger partial charge on any atom is 0.417 e. The third-order valence-corrected chi connectivity index (χ3v) is 9.10. The largest absolute Gasteiger partial charge is 0.417 e.